The maximum Gasteiger partial charge on any atom is 0.113 e. The number of H-pyrrole nitrogens is 1. The summed E-state index contributed by atoms with van der Waals surface area (Å²) in [7, 11) is 0. The highest BCUT2D eigenvalue weighted by Gasteiger charge is 2.10. The monoisotopic (exact) mass is 209 g/mol. The number of azo groups is 1. The summed E-state index contributed by atoms with van der Waals surface area (Å²) in [5.74, 6) is 0. The van der Waals surface area contributed by atoms with E-state index in [0.29, 0.717) is 6.54 Å². The first kappa shape index (κ1) is 7.92. The van der Waals surface area contributed by atoms with Crippen LogP contribution in [0.1, 0.15) is 5.56 Å². The van der Waals surface area contributed by atoms with Crippen molar-refractivity contribution >= 4 is 27.5 Å². The fourth-order valence-corrected chi connectivity index (χ4v) is 2.08. The number of aromatic nitrogens is 3. The van der Waals surface area contributed by atoms with Crippen LogP contribution >= 0.6 is 0 Å². The maximum absolute atomic E-state index is 4.10. The summed E-state index contributed by atoms with van der Waals surface area (Å²) in [5, 5.41) is 21.2. The lowest BCUT2D eigenvalue weighted by Crippen LogP contribution is -1.80. The zero-order valence-electron chi connectivity index (χ0n) is 8.31. The van der Waals surface area contributed by atoms with Gasteiger partial charge in [0.25, 0.3) is 0 Å². The molecule has 5 heteroatoms. The van der Waals surface area contributed by atoms with Crippen LogP contribution in [0.3, 0.4) is 0 Å². The molecule has 3 aromatic rings. The molecule has 0 spiro atoms. The molecule has 2 aromatic carbocycles. The molecule has 1 aliphatic rings. The van der Waals surface area contributed by atoms with Crippen LogP contribution in [0.15, 0.2) is 34.5 Å². The lowest BCUT2D eigenvalue weighted by Gasteiger charge is -2.00. The van der Waals surface area contributed by atoms with Gasteiger partial charge in [-0.3, -0.25) is 0 Å². The Morgan fingerprint density at radius 2 is 1.69 bits per heavy atom. The number of rotatable bonds is 0. The van der Waals surface area contributed by atoms with E-state index < -0.39 is 0 Å². The van der Waals surface area contributed by atoms with Crippen molar-refractivity contribution in [1.29, 1.82) is 0 Å². The van der Waals surface area contributed by atoms with E-state index in [0.717, 1.165) is 27.5 Å². The second kappa shape index (κ2) is 2.63. The molecule has 0 aliphatic carbocycles. The normalized spacial score (nSPS) is 13.8. The molecule has 2 heterocycles. The number of benzene rings is 2. The number of nitrogens with zero attached hydrogens (tertiary/aromatic N) is 4. The summed E-state index contributed by atoms with van der Waals surface area (Å²) in [6, 6.07) is 8.23. The lowest BCUT2D eigenvalue weighted by atomic mass is 10.0. The van der Waals surface area contributed by atoms with Crippen molar-refractivity contribution in [2.75, 3.05) is 0 Å². The Morgan fingerprint density at radius 3 is 2.50 bits per heavy atom. The molecular formula is C11H7N5. The molecule has 0 fully saturated rings. The molecule has 0 saturated carbocycles. The number of hydrogen-bond donors (Lipinski definition) is 1. The molecule has 1 N–H and O–H groups in total. The fourth-order valence-electron chi connectivity index (χ4n) is 2.08. The Hall–Kier alpha value is -2.30. The highest BCUT2D eigenvalue weighted by Crippen LogP contribution is 2.32. The van der Waals surface area contributed by atoms with E-state index >= 15 is 0 Å². The van der Waals surface area contributed by atoms with E-state index in [2.05, 4.69) is 37.8 Å². The molecule has 0 unspecified atom stereocenters. The third-order valence-corrected chi connectivity index (χ3v) is 2.89. The minimum atomic E-state index is 0.683. The third kappa shape index (κ3) is 0.942. The van der Waals surface area contributed by atoms with E-state index in [1.807, 2.05) is 12.1 Å². The van der Waals surface area contributed by atoms with Crippen molar-refractivity contribution in [1.82, 2.24) is 15.4 Å². The zero-order chi connectivity index (χ0) is 10.5. The Balaban J connectivity index is 2.16. The van der Waals surface area contributed by atoms with Gasteiger partial charge in [0, 0.05) is 5.56 Å². The standard InChI is InChI=1S/C11H7N5/c1-6-3-10-11(15-16-14-10)4-7(6)2-9-8(1)5-12-13-9/h1-4H,5H2,(H,14,15,16). The Labute approximate surface area is 90.2 Å². The SMILES string of the molecule is c1c2c(cc3cc4n[nH]nc4cc13)N=NC2. The van der Waals surface area contributed by atoms with Crippen molar-refractivity contribution < 1.29 is 0 Å². The van der Waals surface area contributed by atoms with Gasteiger partial charge >= 0.3 is 0 Å². The van der Waals surface area contributed by atoms with E-state index in [9.17, 15) is 0 Å². The van der Waals surface area contributed by atoms with E-state index in [1.165, 1.54) is 5.56 Å². The third-order valence-electron chi connectivity index (χ3n) is 2.89. The van der Waals surface area contributed by atoms with Gasteiger partial charge in [-0.2, -0.15) is 25.6 Å². The van der Waals surface area contributed by atoms with Crippen LogP contribution < -0.4 is 0 Å². The van der Waals surface area contributed by atoms with Gasteiger partial charge in [0.15, 0.2) is 0 Å². The molecule has 0 saturated heterocycles. The quantitative estimate of drug-likeness (QED) is 0.618. The highest BCUT2D eigenvalue weighted by molar-refractivity contribution is 5.96. The number of fused-ring (bicyclic) bond motifs is 3. The molecule has 0 atom stereocenters. The van der Waals surface area contributed by atoms with Crippen LogP contribution in [-0.4, -0.2) is 15.4 Å². The second-order valence-corrected chi connectivity index (χ2v) is 3.89. The van der Waals surface area contributed by atoms with Crippen LogP contribution in [0.4, 0.5) is 5.69 Å². The molecule has 0 bridgehead atoms. The molecule has 5 nitrogen and oxygen atoms in total. The topological polar surface area (TPSA) is 66.3 Å². The number of aromatic amines is 1. The summed E-state index contributed by atoms with van der Waals surface area (Å²) >= 11 is 0. The van der Waals surface area contributed by atoms with Gasteiger partial charge in [-0.15, -0.1) is 0 Å². The van der Waals surface area contributed by atoms with Crippen LogP contribution in [0.25, 0.3) is 21.8 Å². The summed E-state index contributed by atoms with van der Waals surface area (Å²) in [6.07, 6.45) is 0. The first-order valence-electron chi connectivity index (χ1n) is 5.05. The van der Waals surface area contributed by atoms with Gasteiger partial charge in [-0.05, 0) is 35.0 Å². The fraction of sp³-hybridized carbons (Fsp3) is 0.0909. The smallest absolute Gasteiger partial charge is 0.113 e. The van der Waals surface area contributed by atoms with Crippen LogP contribution in [0.5, 0.6) is 0 Å². The van der Waals surface area contributed by atoms with Crippen LogP contribution in [-0.2, 0) is 6.54 Å². The predicted molar refractivity (Wildman–Crippen MR) is 59.6 cm³/mol. The average molecular weight is 209 g/mol. The minimum absolute atomic E-state index is 0.683. The summed E-state index contributed by atoms with van der Waals surface area (Å²) in [4.78, 5) is 0. The summed E-state index contributed by atoms with van der Waals surface area (Å²) < 4.78 is 0. The van der Waals surface area contributed by atoms with E-state index in [4.69, 9.17) is 0 Å². The molecule has 4 rings (SSSR count). The Morgan fingerprint density at radius 1 is 0.938 bits per heavy atom. The summed E-state index contributed by atoms with van der Waals surface area (Å²) in [6.45, 7) is 0.683. The molecule has 16 heavy (non-hydrogen) atoms. The Kier molecular flexibility index (Phi) is 1.30. The molecule has 0 amide bonds. The molecule has 1 aliphatic heterocycles. The van der Waals surface area contributed by atoms with E-state index in [-0.39, 0.29) is 0 Å². The largest absolute Gasteiger partial charge is 0.197 e. The number of nitrogens with one attached hydrogen (secondary N) is 1. The van der Waals surface area contributed by atoms with Gasteiger partial charge < -0.3 is 0 Å². The maximum atomic E-state index is 4.10. The number of hydrogen-bond acceptors (Lipinski definition) is 4. The van der Waals surface area contributed by atoms with Crippen molar-refractivity contribution in [2.45, 2.75) is 6.54 Å². The molecule has 1 aromatic heterocycles. The summed E-state index contributed by atoms with van der Waals surface area (Å²) in [5.41, 5.74) is 3.91. The van der Waals surface area contributed by atoms with E-state index in [1.54, 1.807) is 0 Å². The van der Waals surface area contributed by atoms with Gasteiger partial charge in [-0.1, -0.05) is 0 Å². The highest BCUT2D eigenvalue weighted by atomic mass is 15.3. The van der Waals surface area contributed by atoms with Crippen molar-refractivity contribution in [3.8, 4) is 0 Å². The van der Waals surface area contributed by atoms with Gasteiger partial charge in [0.1, 0.15) is 11.0 Å². The lowest BCUT2D eigenvalue weighted by molar-refractivity contribution is 0.959. The zero-order valence-corrected chi connectivity index (χ0v) is 8.31. The van der Waals surface area contributed by atoms with Gasteiger partial charge in [0.05, 0.1) is 12.2 Å². The minimum Gasteiger partial charge on any atom is -0.197 e. The second-order valence-electron chi connectivity index (χ2n) is 3.89. The van der Waals surface area contributed by atoms with Crippen molar-refractivity contribution in [3.05, 3.63) is 29.8 Å². The Bertz CT molecular complexity index is 741. The molecule has 76 valence electrons. The molecule has 0 radical (unpaired) electrons. The van der Waals surface area contributed by atoms with Gasteiger partial charge in [-0.25, -0.2) is 0 Å². The predicted octanol–water partition coefficient (Wildman–Crippen LogP) is 2.71. The molecular weight excluding hydrogens is 202 g/mol. The van der Waals surface area contributed by atoms with Crippen molar-refractivity contribution in [3.63, 3.8) is 0 Å². The average Bonchev–Trinajstić information content (AvgIpc) is 2.89. The first-order chi connectivity index (χ1) is 7.90. The van der Waals surface area contributed by atoms with Crippen molar-refractivity contribution in [2.24, 2.45) is 10.2 Å². The van der Waals surface area contributed by atoms with Crippen LogP contribution in [0.2, 0.25) is 0 Å². The first-order valence-corrected chi connectivity index (χ1v) is 5.05. The van der Waals surface area contributed by atoms with Gasteiger partial charge in [0.2, 0.25) is 0 Å². The van der Waals surface area contributed by atoms with Crippen LogP contribution in [0, 0.1) is 0 Å².